The van der Waals surface area contributed by atoms with Gasteiger partial charge in [-0.2, -0.15) is 5.10 Å². The van der Waals surface area contributed by atoms with Gasteiger partial charge in [-0.05, 0) is 105 Å². The van der Waals surface area contributed by atoms with Crippen LogP contribution in [0.5, 0.6) is 11.5 Å². The van der Waals surface area contributed by atoms with Crippen LogP contribution in [0.2, 0.25) is 0 Å². The van der Waals surface area contributed by atoms with Crippen molar-refractivity contribution in [2.75, 3.05) is 57.3 Å². The van der Waals surface area contributed by atoms with E-state index in [0.29, 0.717) is 85.8 Å². The molecule has 9 rings (SSSR count). The van der Waals surface area contributed by atoms with Gasteiger partial charge in [0.15, 0.2) is 5.65 Å². The highest BCUT2D eigenvalue weighted by atomic mass is 32.2. The maximum absolute atomic E-state index is 13.6. The van der Waals surface area contributed by atoms with Crippen molar-refractivity contribution >= 4 is 58.1 Å². The van der Waals surface area contributed by atoms with Crippen molar-refractivity contribution < 1.29 is 28.7 Å². The topological polar surface area (TPSA) is 189 Å². The van der Waals surface area contributed by atoms with Gasteiger partial charge in [0.05, 0.1) is 11.4 Å². The van der Waals surface area contributed by atoms with E-state index in [9.17, 15) is 24.0 Å². The number of anilines is 1. The Morgan fingerprint density at radius 2 is 1.55 bits per heavy atom. The Balaban J connectivity index is 0.669. The third-order valence-corrected chi connectivity index (χ3v) is 14.6. The van der Waals surface area contributed by atoms with Crippen LogP contribution in [-0.4, -0.2) is 126 Å². The average Bonchev–Trinajstić information content (AvgIpc) is 3.91. The normalized spacial score (nSPS) is 18.9. The van der Waals surface area contributed by atoms with Gasteiger partial charge in [0.2, 0.25) is 23.6 Å². The largest absolute Gasteiger partial charge is 0.457 e. The minimum Gasteiger partial charge on any atom is -0.457 e. The van der Waals surface area contributed by atoms with Gasteiger partial charge in [-0.15, -0.1) is 11.8 Å². The summed E-state index contributed by atoms with van der Waals surface area (Å²) in [5, 5.41) is 8.12. The number of fused-ring (bicyclic) bond motifs is 2. The van der Waals surface area contributed by atoms with Crippen molar-refractivity contribution in [1.29, 1.82) is 0 Å². The minimum absolute atomic E-state index is 0.0497. The molecule has 350 valence electrons. The van der Waals surface area contributed by atoms with Crippen LogP contribution >= 0.6 is 11.8 Å². The van der Waals surface area contributed by atoms with Crippen LogP contribution in [0.25, 0.3) is 22.3 Å². The predicted molar refractivity (Wildman–Crippen MR) is 255 cm³/mol. The number of likely N-dealkylation sites (tertiary alicyclic amines) is 1. The molecular weight excluding hydrogens is 869 g/mol. The molecular formula is C50H58N10O6S. The highest BCUT2D eigenvalue weighted by Gasteiger charge is 2.40. The quantitative estimate of drug-likeness (QED) is 0.0590. The molecule has 3 saturated heterocycles. The molecule has 0 saturated carbocycles. The number of nitrogen functional groups attached to an aromatic ring is 1. The number of rotatable bonds is 17. The molecule has 2 aromatic heterocycles. The van der Waals surface area contributed by atoms with Gasteiger partial charge in [0.25, 0.3) is 5.91 Å². The number of amides is 5. The summed E-state index contributed by atoms with van der Waals surface area (Å²) in [5.41, 5.74) is 10.3. The molecule has 0 radical (unpaired) electrons. The summed E-state index contributed by atoms with van der Waals surface area (Å²) in [6, 6.07) is 22.5. The third kappa shape index (κ3) is 10.6. The smallest absolute Gasteiger partial charge is 0.255 e. The first-order chi connectivity index (χ1) is 32.7. The number of hydrogen-bond acceptors (Lipinski definition) is 12. The molecule has 5 aromatic rings. The minimum atomic E-state index is -0.617. The second kappa shape index (κ2) is 21.1. The fourth-order valence-electron chi connectivity index (χ4n) is 9.74. The molecule has 2 atom stereocenters. The zero-order valence-electron chi connectivity index (χ0n) is 37.8. The summed E-state index contributed by atoms with van der Waals surface area (Å²) in [6.07, 6.45) is 9.44. The summed E-state index contributed by atoms with van der Waals surface area (Å²) < 4.78 is 7.93. The van der Waals surface area contributed by atoms with Gasteiger partial charge < -0.3 is 25.2 Å². The molecule has 3 aromatic carbocycles. The Morgan fingerprint density at radius 3 is 2.36 bits per heavy atom. The van der Waals surface area contributed by atoms with E-state index in [1.54, 1.807) is 16.7 Å². The molecule has 0 spiro atoms. The average molecular weight is 927 g/mol. The van der Waals surface area contributed by atoms with Crippen LogP contribution in [0.15, 0.2) is 84.0 Å². The number of piperazine rings is 1. The van der Waals surface area contributed by atoms with Crippen molar-refractivity contribution in [3.8, 4) is 22.8 Å². The van der Waals surface area contributed by atoms with Gasteiger partial charge in [0, 0.05) is 81.1 Å². The van der Waals surface area contributed by atoms with Gasteiger partial charge >= 0.3 is 0 Å². The Bertz CT molecular complexity index is 2600. The van der Waals surface area contributed by atoms with Crippen molar-refractivity contribution in [3.63, 3.8) is 0 Å². The van der Waals surface area contributed by atoms with E-state index >= 15 is 0 Å². The van der Waals surface area contributed by atoms with Crippen LogP contribution in [0.1, 0.15) is 92.6 Å². The molecule has 0 aliphatic carbocycles. The fourth-order valence-corrected chi connectivity index (χ4v) is 10.8. The summed E-state index contributed by atoms with van der Waals surface area (Å²) in [4.78, 5) is 81.8. The molecule has 67 heavy (non-hydrogen) atoms. The number of nitrogens with two attached hydrogens (primary N) is 1. The highest BCUT2D eigenvalue weighted by molar-refractivity contribution is 7.99. The lowest BCUT2D eigenvalue weighted by Crippen LogP contribution is -2.52. The maximum atomic E-state index is 13.6. The number of carbonyl (C=O) groups excluding carboxylic acids is 5. The predicted octanol–water partition coefficient (Wildman–Crippen LogP) is 6.46. The molecule has 4 aliphatic heterocycles. The van der Waals surface area contributed by atoms with Gasteiger partial charge in [-0.3, -0.25) is 34.2 Å². The Hall–Kier alpha value is -6.33. The van der Waals surface area contributed by atoms with Crippen LogP contribution in [0.3, 0.4) is 0 Å². The second-order valence-corrected chi connectivity index (χ2v) is 19.0. The van der Waals surface area contributed by atoms with Crippen molar-refractivity contribution in [2.24, 2.45) is 0 Å². The molecule has 6 heterocycles. The Kier molecular flexibility index (Phi) is 14.4. The number of ether oxygens (including phenoxy) is 1. The highest BCUT2D eigenvalue weighted by Crippen LogP contribution is 2.37. The van der Waals surface area contributed by atoms with Crippen LogP contribution in [0.4, 0.5) is 5.82 Å². The van der Waals surface area contributed by atoms with Crippen molar-refractivity contribution in [1.82, 2.24) is 44.7 Å². The van der Waals surface area contributed by atoms with E-state index in [0.717, 1.165) is 92.1 Å². The number of benzene rings is 3. The lowest BCUT2D eigenvalue weighted by atomic mass is 10.0. The zero-order chi connectivity index (χ0) is 46.3. The van der Waals surface area contributed by atoms with E-state index in [2.05, 4.69) is 20.2 Å². The first kappa shape index (κ1) is 45.8. The van der Waals surface area contributed by atoms with Crippen molar-refractivity contribution in [3.05, 3.63) is 90.3 Å². The van der Waals surface area contributed by atoms with Crippen LogP contribution in [0, 0.1) is 0 Å². The number of nitrogens with zero attached hydrogens (tertiary/aromatic N) is 8. The standard InChI is InChI=1S/C50H58N10O6S/c51-47-45-46(34-18-20-37(21-19-34)66-36-12-4-3-5-13-36)55-60(48(45)53-33-52-47)35-11-9-25-58(31-35)44(63)17-10-24-56-26-28-57(29-27-56)43(62)16-6-1-2-7-30-67-41-15-8-14-38-39(41)32-59(50(38)65)40-22-23-42(61)54-49(40)64/h3-5,8,12-15,18-21,33,35,40H,1-2,6-7,9-11,16-17,22-32H2,(H2,51,52,53)(H,54,61,64). The molecule has 0 bridgehead atoms. The molecule has 16 nitrogen and oxygen atoms in total. The van der Waals surface area contributed by atoms with Crippen molar-refractivity contribution in [2.45, 2.75) is 94.2 Å². The van der Waals surface area contributed by atoms with E-state index in [4.69, 9.17) is 15.6 Å². The van der Waals surface area contributed by atoms with Gasteiger partial charge in [-0.25, -0.2) is 14.6 Å². The molecule has 17 heteroatoms. The van der Waals surface area contributed by atoms with E-state index in [1.807, 2.05) is 87.3 Å². The maximum Gasteiger partial charge on any atom is 0.255 e. The van der Waals surface area contributed by atoms with Gasteiger partial charge in [0.1, 0.15) is 35.4 Å². The van der Waals surface area contributed by atoms with Gasteiger partial charge in [-0.1, -0.05) is 37.1 Å². The lowest BCUT2D eigenvalue weighted by molar-refractivity contribution is -0.137. The SMILES string of the molecule is Nc1ncnc2c1c(-c1ccc(Oc3ccccc3)cc1)nn2C1CCCN(C(=O)CCCN2CCN(C(=O)CCCCCCSc3cccc4c3CN(C3CCC(=O)NC3=O)C4=O)CC2)C1. The molecule has 3 fully saturated rings. The number of nitrogens with one attached hydrogen (secondary N) is 1. The van der Waals surface area contributed by atoms with E-state index in [-0.39, 0.29) is 36.1 Å². The molecule has 5 amide bonds. The summed E-state index contributed by atoms with van der Waals surface area (Å²) in [7, 11) is 0. The van der Waals surface area contributed by atoms with E-state index < -0.39 is 11.9 Å². The monoisotopic (exact) mass is 926 g/mol. The zero-order valence-corrected chi connectivity index (χ0v) is 38.6. The lowest BCUT2D eigenvalue weighted by Gasteiger charge is -2.35. The summed E-state index contributed by atoms with van der Waals surface area (Å²) >= 11 is 1.73. The number of piperidine rings is 2. The number of thioether (sulfide) groups is 1. The second-order valence-electron chi connectivity index (χ2n) is 17.8. The Morgan fingerprint density at radius 1 is 0.791 bits per heavy atom. The first-order valence-electron chi connectivity index (χ1n) is 23.7. The summed E-state index contributed by atoms with van der Waals surface area (Å²) in [6.45, 7) is 5.51. The van der Waals surface area contributed by atoms with Crippen LogP contribution < -0.4 is 15.8 Å². The first-order valence-corrected chi connectivity index (χ1v) is 24.7. The number of carbonyl (C=O) groups is 5. The molecule has 3 N–H and O–H groups in total. The number of unbranched alkanes of at least 4 members (excludes halogenated alkanes) is 3. The number of aromatic nitrogens is 4. The number of hydrogen-bond donors (Lipinski definition) is 2. The number of imide groups is 1. The number of para-hydroxylation sites is 1. The Labute approximate surface area is 394 Å². The fraction of sp³-hybridized carbons (Fsp3) is 0.440. The molecule has 4 aliphatic rings. The third-order valence-electron chi connectivity index (χ3n) is 13.4. The summed E-state index contributed by atoms with van der Waals surface area (Å²) in [5.74, 6) is 2.26. The van der Waals surface area contributed by atoms with Crippen LogP contribution in [-0.2, 0) is 25.7 Å². The van der Waals surface area contributed by atoms with E-state index in [1.165, 1.54) is 6.33 Å². The molecule has 2 unspecified atom stereocenters.